The molecule has 6 nitrogen and oxygen atoms in total. The van der Waals surface area contributed by atoms with E-state index in [0.29, 0.717) is 24.4 Å². The fraction of sp³-hybridized carbons (Fsp3) is 0.364. The van der Waals surface area contributed by atoms with Gasteiger partial charge in [-0.1, -0.05) is 12.1 Å². The second-order valence-electron chi connectivity index (χ2n) is 3.60. The molecule has 7 heteroatoms. The lowest BCUT2D eigenvalue weighted by Gasteiger charge is -2.02. The third-order valence-electron chi connectivity index (χ3n) is 2.43. The summed E-state index contributed by atoms with van der Waals surface area (Å²) in [6, 6.07) is 1.74. The first-order valence-electron chi connectivity index (χ1n) is 5.48. The highest BCUT2D eigenvalue weighted by Gasteiger charge is 2.12. The first-order chi connectivity index (χ1) is 8.26. The molecule has 1 amide bonds. The predicted molar refractivity (Wildman–Crippen MR) is 69.8 cm³/mol. The summed E-state index contributed by atoms with van der Waals surface area (Å²) < 4.78 is 5.04. The minimum atomic E-state index is -0.187. The highest BCUT2D eigenvalue weighted by molar-refractivity contribution is 5.96. The Morgan fingerprint density at radius 1 is 1.56 bits per heavy atom. The molecule has 3 N–H and O–H groups in total. The summed E-state index contributed by atoms with van der Waals surface area (Å²) in [5.74, 6) is -0.187. The van der Waals surface area contributed by atoms with Gasteiger partial charge in [-0.2, -0.15) is 0 Å². The minimum absolute atomic E-state index is 0. The van der Waals surface area contributed by atoms with Crippen molar-refractivity contribution in [3.05, 3.63) is 23.5 Å². The SMILES string of the molecule is CCc1noc2ncc(C(=O)NCCN)cc12.Cl. The van der Waals surface area contributed by atoms with E-state index in [9.17, 15) is 4.79 Å². The van der Waals surface area contributed by atoms with Crippen molar-refractivity contribution in [1.82, 2.24) is 15.5 Å². The van der Waals surface area contributed by atoms with Crippen molar-refractivity contribution in [1.29, 1.82) is 0 Å². The average molecular weight is 271 g/mol. The molecule has 0 saturated heterocycles. The Morgan fingerprint density at radius 2 is 2.33 bits per heavy atom. The molecule has 2 heterocycles. The molecule has 0 atom stereocenters. The number of nitrogens with one attached hydrogen (secondary N) is 1. The second kappa shape index (κ2) is 6.32. The molecule has 0 radical (unpaired) electrons. The van der Waals surface area contributed by atoms with E-state index in [1.165, 1.54) is 6.20 Å². The van der Waals surface area contributed by atoms with E-state index in [0.717, 1.165) is 17.5 Å². The van der Waals surface area contributed by atoms with Crippen LogP contribution in [0.25, 0.3) is 11.1 Å². The summed E-state index contributed by atoms with van der Waals surface area (Å²) >= 11 is 0. The average Bonchev–Trinajstić information content (AvgIpc) is 2.77. The van der Waals surface area contributed by atoms with Crippen LogP contribution in [0.2, 0.25) is 0 Å². The maximum Gasteiger partial charge on any atom is 0.257 e. The molecule has 0 saturated carbocycles. The van der Waals surface area contributed by atoms with Crippen LogP contribution in [-0.2, 0) is 6.42 Å². The van der Waals surface area contributed by atoms with Crippen LogP contribution in [0.15, 0.2) is 16.8 Å². The van der Waals surface area contributed by atoms with Crippen molar-refractivity contribution in [2.45, 2.75) is 13.3 Å². The first kappa shape index (κ1) is 14.4. The van der Waals surface area contributed by atoms with Gasteiger partial charge in [-0.15, -0.1) is 12.4 Å². The fourth-order valence-corrected chi connectivity index (χ4v) is 1.55. The Labute approximate surface area is 110 Å². The third kappa shape index (κ3) is 2.77. The van der Waals surface area contributed by atoms with Gasteiger partial charge in [0.1, 0.15) is 0 Å². The lowest BCUT2D eigenvalue weighted by molar-refractivity contribution is 0.0954. The van der Waals surface area contributed by atoms with Crippen LogP contribution in [0.1, 0.15) is 23.0 Å². The van der Waals surface area contributed by atoms with Gasteiger partial charge < -0.3 is 15.6 Å². The Hall–Kier alpha value is -1.66. The number of aryl methyl sites for hydroxylation is 1. The van der Waals surface area contributed by atoms with Crippen LogP contribution in [0.3, 0.4) is 0 Å². The topological polar surface area (TPSA) is 94.0 Å². The highest BCUT2D eigenvalue weighted by atomic mass is 35.5. The number of nitrogens with zero attached hydrogens (tertiary/aromatic N) is 2. The number of aromatic nitrogens is 2. The van der Waals surface area contributed by atoms with Crippen molar-refractivity contribution in [2.75, 3.05) is 13.1 Å². The number of amides is 1. The number of hydrogen-bond donors (Lipinski definition) is 2. The number of pyridine rings is 1. The zero-order chi connectivity index (χ0) is 12.3. The largest absolute Gasteiger partial charge is 0.351 e. The van der Waals surface area contributed by atoms with Gasteiger partial charge in [0, 0.05) is 19.3 Å². The van der Waals surface area contributed by atoms with Crippen molar-refractivity contribution in [3.8, 4) is 0 Å². The van der Waals surface area contributed by atoms with E-state index in [4.69, 9.17) is 10.3 Å². The minimum Gasteiger partial charge on any atom is -0.351 e. The van der Waals surface area contributed by atoms with Crippen LogP contribution in [0, 0.1) is 0 Å². The van der Waals surface area contributed by atoms with Gasteiger partial charge in [-0.05, 0) is 12.5 Å². The van der Waals surface area contributed by atoms with Gasteiger partial charge >= 0.3 is 0 Å². The maximum absolute atomic E-state index is 11.7. The van der Waals surface area contributed by atoms with Crippen molar-refractivity contribution in [3.63, 3.8) is 0 Å². The number of rotatable bonds is 4. The van der Waals surface area contributed by atoms with E-state index in [1.54, 1.807) is 6.07 Å². The molecule has 0 aromatic carbocycles. The molecule has 0 unspecified atom stereocenters. The molecule has 2 aromatic rings. The third-order valence-corrected chi connectivity index (χ3v) is 2.43. The van der Waals surface area contributed by atoms with Gasteiger partial charge in [-0.3, -0.25) is 4.79 Å². The van der Waals surface area contributed by atoms with Crippen LogP contribution in [0.5, 0.6) is 0 Å². The zero-order valence-corrected chi connectivity index (χ0v) is 10.8. The molecular weight excluding hydrogens is 256 g/mol. The smallest absolute Gasteiger partial charge is 0.257 e. The Kier molecular flexibility index (Phi) is 5.06. The summed E-state index contributed by atoms with van der Waals surface area (Å²) in [5.41, 5.74) is 7.07. The Bertz CT molecular complexity index is 541. The quantitative estimate of drug-likeness (QED) is 0.861. The zero-order valence-electron chi connectivity index (χ0n) is 9.97. The fourth-order valence-electron chi connectivity index (χ4n) is 1.55. The Morgan fingerprint density at radius 3 is 3.00 bits per heavy atom. The van der Waals surface area contributed by atoms with Gasteiger partial charge in [0.25, 0.3) is 11.6 Å². The molecule has 0 aliphatic rings. The van der Waals surface area contributed by atoms with E-state index in [2.05, 4.69) is 15.5 Å². The van der Waals surface area contributed by atoms with E-state index < -0.39 is 0 Å². The molecule has 2 rings (SSSR count). The molecule has 0 aliphatic carbocycles. The van der Waals surface area contributed by atoms with Gasteiger partial charge in [0.05, 0.1) is 16.6 Å². The normalized spacial score (nSPS) is 10.1. The molecular formula is C11H15ClN4O2. The molecule has 18 heavy (non-hydrogen) atoms. The molecule has 98 valence electrons. The van der Waals surface area contributed by atoms with E-state index in [-0.39, 0.29) is 18.3 Å². The maximum atomic E-state index is 11.7. The number of nitrogens with two attached hydrogens (primary N) is 1. The van der Waals surface area contributed by atoms with Crippen LogP contribution in [-0.4, -0.2) is 29.1 Å². The lowest BCUT2D eigenvalue weighted by Crippen LogP contribution is -2.29. The summed E-state index contributed by atoms with van der Waals surface area (Å²) in [4.78, 5) is 15.8. The van der Waals surface area contributed by atoms with Crippen molar-refractivity contribution in [2.24, 2.45) is 5.73 Å². The summed E-state index contributed by atoms with van der Waals surface area (Å²) in [6.07, 6.45) is 2.21. The highest BCUT2D eigenvalue weighted by Crippen LogP contribution is 2.17. The van der Waals surface area contributed by atoms with Gasteiger partial charge in [-0.25, -0.2) is 4.98 Å². The Balaban J connectivity index is 0.00000162. The lowest BCUT2D eigenvalue weighted by atomic mass is 10.1. The summed E-state index contributed by atoms with van der Waals surface area (Å²) in [7, 11) is 0. The molecule has 0 spiro atoms. The molecule has 2 aromatic heterocycles. The monoisotopic (exact) mass is 270 g/mol. The number of fused-ring (bicyclic) bond motifs is 1. The van der Waals surface area contributed by atoms with Gasteiger partial charge in [0.2, 0.25) is 0 Å². The summed E-state index contributed by atoms with van der Waals surface area (Å²) in [5, 5.41) is 7.36. The second-order valence-corrected chi connectivity index (χ2v) is 3.60. The van der Waals surface area contributed by atoms with E-state index in [1.807, 2.05) is 6.92 Å². The van der Waals surface area contributed by atoms with Gasteiger partial charge in [0.15, 0.2) is 0 Å². The van der Waals surface area contributed by atoms with Crippen LogP contribution >= 0.6 is 12.4 Å². The van der Waals surface area contributed by atoms with Crippen LogP contribution in [0.4, 0.5) is 0 Å². The number of hydrogen-bond acceptors (Lipinski definition) is 5. The number of carbonyl (C=O) groups excluding carboxylic acids is 1. The van der Waals surface area contributed by atoms with Crippen LogP contribution < -0.4 is 11.1 Å². The summed E-state index contributed by atoms with van der Waals surface area (Å²) in [6.45, 7) is 2.83. The molecule has 0 aliphatic heterocycles. The molecule has 0 fully saturated rings. The number of halogens is 1. The van der Waals surface area contributed by atoms with Crippen molar-refractivity contribution < 1.29 is 9.32 Å². The van der Waals surface area contributed by atoms with Crippen molar-refractivity contribution >= 4 is 29.4 Å². The first-order valence-corrected chi connectivity index (χ1v) is 5.48. The van der Waals surface area contributed by atoms with E-state index >= 15 is 0 Å². The standard InChI is InChI=1S/C11H14N4O2.ClH/c1-2-9-8-5-7(10(16)13-4-3-12)6-14-11(8)17-15-9;/h5-6H,2-4,12H2,1H3,(H,13,16);1H. The predicted octanol–water partition coefficient (Wildman–Crippen LogP) is 0.895. The number of carbonyl (C=O) groups is 1. The molecule has 0 bridgehead atoms.